The van der Waals surface area contributed by atoms with Crippen molar-refractivity contribution in [3.63, 3.8) is 0 Å². The van der Waals surface area contributed by atoms with Crippen molar-refractivity contribution in [1.82, 2.24) is 15.5 Å². The number of aryl methyl sites for hydroxylation is 1. The maximum atomic E-state index is 4.27. The second-order valence-electron chi connectivity index (χ2n) is 4.89. The van der Waals surface area contributed by atoms with Gasteiger partial charge in [-0.2, -0.15) is 0 Å². The normalized spacial score (nSPS) is 13.6. The number of hydrogen-bond donors (Lipinski definition) is 2. The van der Waals surface area contributed by atoms with E-state index >= 15 is 0 Å². The van der Waals surface area contributed by atoms with E-state index < -0.39 is 0 Å². The maximum Gasteiger partial charge on any atom is 0.191 e. The predicted molar refractivity (Wildman–Crippen MR) is 89.6 cm³/mol. The summed E-state index contributed by atoms with van der Waals surface area (Å²) in [6.07, 6.45) is 0. The lowest BCUT2D eigenvalue weighted by atomic mass is 10.3. The van der Waals surface area contributed by atoms with E-state index in [0.717, 1.165) is 32.1 Å². The van der Waals surface area contributed by atoms with Gasteiger partial charge in [0.1, 0.15) is 0 Å². The summed E-state index contributed by atoms with van der Waals surface area (Å²) in [4.78, 5) is 9.39. The molecule has 1 aromatic rings. The molecule has 0 bridgehead atoms. The molecule has 0 aliphatic heterocycles. The lowest BCUT2D eigenvalue weighted by Crippen LogP contribution is -2.45. The van der Waals surface area contributed by atoms with Crippen molar-refractivity contribution in [2.24, 2.45) is 4.99 Å². The summed E-state index contributed by atoms with van der Waals surface area (Å²) in [5, 5.41) is 6.76. The van der Waals surface area contributed by atoms with Gasteiger partial charge < -0.3 is 10.6 Å². The molecule has 1 atom stereocenters. The van der Waals surface area contributed by atoms with Crippen LogP contribution in [0.4, 0.5) is 0 Å². The van der Waals surface area contributed by atoms with Crippen LogP contribution in [0, 0.1) is 6.92 Å². The molecule has 1 aromatic heterocycles. The molecule has 5 heteroatoms. The quantitative estimate of drug-likeness (QED) is 0.600. The Morgan fingerprint density at radius 2 is 2.00 bits per heavy atom. The SMILES string of the molecule is CCN(CC)C(C)CNC(=NC)NCc1ccc(C)s1. The van der Waals surface area contributed by atoms with Gasteiger partial charge in [0.2, 0.25) is 0 Å². The third kappa shape index (κ3) is 5.51. The van der Waals surface area contributed by atoms with Crippen molar-refractivity contribution < 1.29 is 0 Å². The van der Waals surface area contributed by atoms with Crippen molar-refractivity contribution in [2.45, 2.75) is 40.3 Å². The van der Waals surface area contributed by atoms with Gasteiger partial charge in [-0.05, 0) is 39.1 Å². The molecule has 0 aliphatic carbocycles. The van der Waals surface area contributed by atoms with E-state index in [1.807, 2.05) is 18.4 Å². The molecule has 0 fully saturated rings. The molecule has 0 aliphatic rings. The molecule has 0 amide bonds. The number of nitrogens with zero attached hydrogens (tertiary/aromatic N) is 2. The number of rotatable bonds is 7. The van der Waals surface area contributed by atoms with Crippen LogP contribution in [-0.4, -0.2) is 43.6 Å². The van der Waals surface area contributed by atoms with Crippen molar-refractivity contribution in [3.8, 4) is 0 Å². The second-order valence-corrected chi connectivity index (χ2v) is 6.26. The summed E-state index contributed by atoms with van der Waals surface area (Å²) >= 11 is 1.82. The van der Waals surface area contributed by atoms with E-state index in [2.05, 4.69) is 60.4 Å². The molecule has 1 rings (SSSR count). The lowest BCUT2D eigenvalue weighted by Gasteiger charge is -2.27. The van der Waals surface area contributed by atoms with Crippen LogP contribution in [0.2, 0.25) is 0 Å². The third-order valence-electron chi connectivity index (χ3n) is 3.45. The first kappa shape index (κ1) is 17.0. The first-order valence-electron chi connectivity index (χ1n) is 7.34. The Balaban J connectivity index is 2.36. The van der Waals surface area contributed by atoms with Crippen LogP contribution in [0.15, 0.2) is 17.1 Å². The van der Waals surface area contributed by atoms with Crippen LogP contribution < -0.4 is 10.6 Å². The van der Waals surface area contributed by atoms with Gasteiger partial charge in [-0.15, -0.1) is 11.3 Å². The standard InChI is InChI=1S/C15H28N4S/c1-6-19(7-2)12(3)10-17-15(16-5)18-11-14-9-8-13(4)20-14/h8-9,12H,6-7,10-11H2,1-5H3,(H2,16,17,18). The molecule has 0 spiro atoms. The fourth-order valence-corrected chi connectivity index (χ4v) is 3.02. The topological polar surface area (TPSA) is 39.7 Å². The summed E-state index contributed by atoms with van der Waals surface area (Å²) in [5.41, 5.74) is 0. The highest BCUT2D eigenvalue weighted by atomic mass is 32.1. The molecule has 114 valence electrons. The average Bonchev–Trinajstić information content (AvgIpc) is 2.86. The number of thiophene rings is 1. The van der Waals surface area contributed by atoms with Crippen LogP contribution >= 0.6 is 11.3 Å². The molecule has 1 heterocycles. The van der Waals surface area contributed by atoms with E-state index in [0.29, 0.717) is 6.04 Å². The summed E-state index contributed by atoms with van der Waals surface area (Å²) < 4.78 is 0. The highest BCUT2D eigenvalue weighted by molar-refractivity contribution is 7.11. The fraction of sp³-hybridized carbons (Fsp3) is 0.667. The van der Waals surface area contributed by atoms with Crippen LogP contribution in [0.1, 0.15) is 30.5 Å². The average molecular weight is 296 g/mol. The largest absolute Gasteiger partial charge is 0.355 e. The van der Waals surface area contributed by atoms with Crippen LogP contribution in [0.25, 0.3) is 0 Å². The monoisotopic (exact) mass is 296 g/mol. The molecule has 0 aromatic carbocycles. The lowest BCUT2D eigenvalue weighted by molar-refractivity contribution is 0.231. The minimum atomic E-state index is 0.507. The van der Waals surface area contributed by atoms with Crippen molar-refractivity contribution >= 4 is 17.3 Å². The minimum absolute atomic E-state index is 0.507. The summed E-state index contributed by atoms with van der Waals surface area (Å²) in [5.74, 6) is 0.870. The molecular formula is C15H28N4S. The van der Waals surface area contributed by atoms with E-state index in [4.69, 9.17) is 0 Å². The summed E-state index contributed by atoms with van der Waals surface area (Å²) in [7, 11) is 1.82. The van der Waals surface area contributed by atoms with E-state index in [-0.39, 0.29) is 0 Å². The van der Waals surface area contributed by atoms with Crippen molar-refractivity contribution in [2.75, 3.05) is 26.7 Å². The Hall–Kier alpha value is -1.07. The van der Waals surface area contributed by atoms with E-state index in [1.165, 1.54) is 9.75 Å². The zero-order chi connectivity index (χ0) is 15.0. The summed E-state index contributed by atoms with van der Waals surface area (Å²) in [6, 6.07) is 4.83. The Labute approximate surface area is 127 Å². The zero-order valence-corrected chi connectivity index (χ0v) is 14.2. The highest BCUT2D eigenvalue weighted by Gasteiger charge is 2.10. The van der Waals surface area contributed by atoms with Gasteiger partial charge >= 0.3 is 0 Å². The summed E-state index contributed by atoms with van der Waals surface area (Å²) in [6.45, 7) is 12.7. The number of nitrogens with one attached hydrogen (secondary N) is 2. The van der Waals surface area contributed by atoms with Crippen LogP contribution in [-0.2, 0) is 6.54 Å². The Bertz CT molecular complexity index is 410. The Kier molecular flexibility index (Phi) is 7.62. The zero-order valence-electron chi connectivity index (χ0n) is 13.4. The van der Waals surface area contributed by atoms with Gasteiger partial charge in [0.05, 0.1) is 6.54 Å². The fourth-order valence-electron chi connectivity index (χ4n) is 2.19. The minimum Gasteiger partial charge on any atom is -0.355 e. The Morgan fingerprint density at radius 3 is 2.50 bits per heavy atom. The third-order valence-corrected chi connectivity index (χ3v) is 4.45. The smallest absolute Gasteiger partial charge is 0.191 e. The molecule has 2 N–H and O–H groups in total. The molecule has 4 nitrogen and oxygen atoms in total. The van der Waals surface area contributed by atoms with Gasteiger partial charge in [-0.25, -0.2) is 0 Å². The first-order valence-corrected chi connectivity index (χ1v) is 8.16. The van der Waals surface area contributed by atoms with Gasteiger partial charge in [0.25, 0.3) is 0 Å². The maximum absolute atomic E-state index is 4.27. The molecule has 0 saturated carbocycles. The van der Waals surface area contributed by atoms with Crippen LogP contribution in [0.3, 0.4) is 0 Å². The van der Waals surface area contributed by atoms with Crippen LogP contribution in [0.5, 0.6) is 0 Å². The molecule has 0 saturated heterocycles. The molecule has 20 heavy (non-hydrogen) atoms. The number of guanidine groups is 1. The van der Waals surface area contributed by atoms with Crippen molar-refractivity contribution in [3.05, 3.63) is 21.9 Å². The number of hydrogen-bond acceptors (Lipinski definition) is 3. The first-order chi connectivity index (χ1) is 9.60. The van der Waals surface area contributed by atoms with Gasteiger partial charge in [0, 0.05) is 29.4 Å². The second kappa shape index (κ2) is 8.97. The van der Waals surface area contributed by atoms with Gasteiger partial charge in [-0.1, -0.05) is 13.8 Å². The Morgan fingerprint density at radius 1 is 1.30 bits per heavy atom. The highest BCUT2D eigenvalue weighted by Crippen LogP contribution is 2.14. The van der Waals surface area contributed by atoms with E-state index in [9.17, 15) is 0 Å². The van der Waals surface area contributed by atoms with E-state index in [1.54, 1.807) is 0 Å². The van der Waals surface area contributed by atoms with Crippen molar-refractivity contribution in [1.29, 1.82) is 0 Å². The molecular weight excluding hydrogens is 268 g/mol. The predicted octanol–water partition coefficient (Wildman–Crippen LogP) is 2.45. The van der Waals surface area contributed by atoms with Gasteiger partial charge in [0.15, 0.2) is 5.96 Å². The molecule has 1 unspecified atom stereocenters. The molecule has 0 radical (unpaired) electrons. The van der Waals surface area contributed by atoms with Gasteiger partial charge in [-0.3, -0.25) is 9.89 Å². The number of likely N-dealkylation sites (N-methyl/N-ethyl adjacent to an activating group) is 1. The number of aliphatic imine (C=N–C) groups is 1.